The lowest BCUT2D eigenvalue weighted by molar-refractivity contribution is 0.0730. The second-order valence-corrected chi connectivity index (χ2v) is 6.30. The second kappa shape index (κ2) is 6.80. The summed E-state index contributed by atoms with van der Waals surface area (Å²) >= 11 is 1.88. The summed E-state index contributed by atoms with van der Waals surface area (Å²) < 4.78 is 5.22. The van der Waals surface area contributed by atoms with Gasteiger partial charge in [-0.15, -0.1) is 0 Å². The molecule has 0 bridgehead atoms. The van der Waals surface area contributed by atoms with E-state index in [0.717, 1.165) is 43.1 Å². The molecule has 1 aliphatic heterocycles. The lowest BCUT2D eigenvalue weighted by atomic mass is 10.1. The second-order valence-electron chi connectivity index (χ2n) is 5.07. The lowest BCUT2D eigenvalue weighted by Gasteiger charge is -2.25. The molecule has 1 aromatic carbocycles. The van der Waals surface area contributed by atoms with Gasteiger partial charge in [-0.25, -0.2) is 0 Å². The van der Waals surface area contributed by atoms with Gasteiger partial charge in [-0.2, -0.15) is 11.8 Å². The minimum absolute atomic E-state index is 0.0336. The molecule has 1 aromatic heterocycles. The average Bonchev–Trinajstić information content (AvgIpc) is 3.03. The van der Waals surface area contributed by atoms with Crippen molar-refractivity contribution < 1.29 is 9.32 Å². The van der Waals surface area contributed by atoms with Crippen molar-refractivity contribution in [1.82, 2.24) is 10.1 Å². The fourth-order valence-electron chi connectivity index (χ4n) is 2.37. The maximum Gasteiger partial charge on any atom is 0.292 e. The Bertz CT molecular complexity index is 591. The molecule has 0 atom stereocenters. The zero-order valence-corrected chi connectivity index (χ0v) is 12.6. The number of carbonyl (C=O) groups is 1. The van der Waals surface area contributed by atoms with Crippen LogP contribution in [-0.4, -0.2) is 40.6 Å². The zero-order chi connectivity index (χ0) is 14.5. The van der Waals surface area contributed by atoms with Gasteiger partial charge < -0.3 is 9.42 Å². The van der Waals surface area contributed by atoms with Crippen molar-refractivity contribution in [2.75, 3.05) is 24.6 Å². The number of nitrogens with zero attached hydrogens (tertiary/aromatic N) is 2. The summed E-state index contributed by atoms with van der Waals surface area (Å²) in [4.78, 5) is 14.1. The van der Waals surface area contributed by atoms with Crippen molar-refractivity contribution >= 4 is 17.7 Å². The van der Waals surface area contributed by atoms with E-state index < -0.39 is 0 Å². The van der Waals surface area contributed by atoms with Gasteiger partial charge in [0, 0.05) is 30.7 Å². The molecule has 3 rings (SSSR count). The Morgan fingerprint density at radius 1 is 1.19 bits per heavy atom. The number of benzene rings is 1. The van der Waals surface area contributed by atoms with Crippen LogP contribution in [0, 0.1) is 0 Å². The maximum absolute atomic E-state index is 12.3. The maximum atomic E-state index is 12.3. The molecule has 0 aliphatic carbocycles. The summed E-state index contributed by atoms with van der Waals surface area (Å²) in [5, 5.41) is 4.02. The molecule has 21 heavy (non-hydrogen) atoms. The largest absolute Gasteiger partial charge is 0.351 e. The van der Waals surface area contributed by atoms with Gasteiger partial charge >= 0.3 is 0 Å². The fourth-order valence-corrected chi connectivity index (χ4v) is 3.27. The highest BCUT2D eigenvalue weighted by atomic mass is 32.2. The Balaban J connectivity index is 1.59. The molecule has 1 amide bonds. The van der Waals surface area contributed by atoms with Crippen molar-refractivity contribution in [2.24, 2.45) is 0 Å². The molecular weight excluding hydrogens is 284 g/mol. The van der Waals surface area contributed by atoms with E-state index in [9.17, 15) is 4.79 Å². The number of aromatic nitrogens is 1. The summed E-state index contributed by atoms with van der Waals surface area (Å²) in [7, 11) is 0. The molecular formula is C16H18N2O2S. The van der Waals surface area contributed by atoms with E-state index in [1.807, 2.05) is 34.9 Å². The van der Waals surface area contributed by atoms with E-state index in [4.69, 9.17) is 4.52 Å². The summed E-state index contributed by atoms with van der Waals surface area (Å²) in [6.45, 7) is 1.59. The molecule has 110 valence electrons. The number of hydrogen-bond donors (Lipinski definition) is 0. The molecule has 0 radical (unpaired) electrons. The van der Waals surface area contributed by atoms with E-state index in [2.05, 4.69) is 17.3 Å². The minimum atomic E-state index is -0.0336. The van der Waals surface area contributed by atoms with E-state index in [1.54, 1.807) is 6.07 Å². The lowest BCUT2D eigenvalue weighted by Crippen LogP contribution is -2.37. The Kier molecular flexibility index (Phi) is 4.60. The van der Waals surface area contributed by atoms with Gasteiger partial charge in [-0.3, -0.25) is 4.79 Å². The van der Waals surface area contributed by atoms with Gasteiger partial charge in [0.25, 0.3) is 5.91 Å². The molecule has 0 saturated carbocycles. The van der Waals surface area contributed by atoms with Gasteiger partial charge in [0.05, 0.1) is 5.69 Å². The van der Waals surface area contributed by atoms with Crippen LogP contribution >= 0.6 is 11.8 Å². The van der Waals surface area contributed by atoms with Gasteiger partial charge in [0.15, 0.2) is 0 Å². The molecule has 1 saturated heterocycles. The van der Waals surface area contributed by atoms with Crippen molar-refractivity contribution in [1.29, 1.82) is 0 Å². The first-order valence-electron chi connectivity index (χ1n) is 7.19. The van der Waals surface area contributed by atoms with Gasteiger partial charge in [-0.1, -0.05) is 35.5 Å². The van der Waals surface area contributed by atoms with Crippen molar-refractivity contribution in [3.05, 3.63) is 53.4 Å². The number of aryl methyl sites for hydroxylation is 2. The molecule has 2 aromatic rings. The van der Waals surface area contributed by atoms with Crippen LogP contribution in [0.3, 0.4) is 0 Å². The third kappa shape index (κ3) is 3.67. The predicted molar refractivity (Wildman–Crippen MR) is 83.6 cm³/mol. The molecule has 4 nitrogen and oxygen atoms in total. The number of hydrogen-bond acceptors (Lipinski definition) is 4. The Morgan fingerprint density at radius 2 is 1.95 bits per heavy atom. The third-order valence-electron chi connectivity index (χ3n) is 3.58. The Hall–Kier alpha value is -1.75. The average molecular weight is 302 g/mol. The van der Waals surface area contributed by atoms with E-state index >= 15 is 0 Å². The molecule has 2 heterocycles. The number of thioether (sulfide) groups is 1. The van der Waals surface area contributed by atoms with Crippen LogP contribution in [0.5, 0.6) is 0 Å². The van der Waals surface area contributed by atoms with Crippen molar-refractivity contribution in [3.8, 4) is 0 Å². The highest BCUT2D eigenvalue weighted by molar-refractivity contribution is 7.99. The quantitative estimate of drug-likeness (QED) is 0.871. The van der Waals surface area contributed by atoms with Crippen LogP contribution in [-0.2, 0) is 12.8 Å². The van der Waals surface area contributed by atoms with E-state index in [-0.39, 0.29) is 5.91 Å². The van der Waals surface area contributed by atoms with Crippen LogP contribution < -0.4 is 0 Å². The first-order chi connectivity index (χ1) is 10.3. The summed E-state index contributed by atoms with van der Waals surface area (Å²) in [5.74, 6) is 2.33. The van der Waals surface area contributed by atoms with E-state index in [1.165, 1.54) is 5.56 Å². The number of rotatable bonds is 4. The van der Waals surface area contributed by atoms with Gasteiger partial charge in [0.2, 0.25) is 5.76 Å². The molecule has 0 unspecified atom stereocenters. The topological polar surface area (TPSA) is 46.3 Å². The van der Waals surface area contributed by atoms with E-state index in [0.29, 0.717) is 5.76 Å². The first-order valence-corrected chi connectivity index (χ1v) is 8.35. The standard InChI is InChI=1S/C16H18N2O2S/c19-16(18-8-10-21-11-9-18)15-12-14(17-20-15)7-6-13-4-2-1-3-5-13/h1-5,12H,6-11H2. The Morgan fingerprint density at radius 3 is 2.71 bits per heavy atom. The fraction of sp³-hybridized carbons (Fsp3) is 0.375. The predicted octanol–water partition coefficient (Wildman–Crippen LogP) is 2.65. The molecule has 0 N–H and O–H groups in total. The molecule has 1 aliphatic rings. The zero-order valence-electron chi connectivity index (χ0n) is 11.8. The van der Waals surface area contributed by atoms with Crippen molar-refractivity contribution in [3.63, 3.8) is 0 Å². The van der Waals surface area contributed by atoms with Gasteiger partial charge in [0.1, 0.15) is 0 Å². The van der Waals surface area contributed by atoms with Gasteiger partial charge in [-0.05, 0) is 18.4 Å². The van der Waals surface area contributed by atoms with Crippen LogP contribution in [0.15, 0.2) is 40.9 Å². The molecule has 1 fully saturated rings. The molecule has 5 heteroatoms. The van der Waals surface area contributed by atoms with Crippen molar-refractivity contribution in [2.45, 2.75) is 12.8 Å². The van der Waals surface area contributed by atoms with Crippen LogP contribution in [0.25, 0.3) is 0 Å². The Labute approximate surface area is 128 Å². The normalized spacial score (nSPS) is 15.1. The number of carbonyl (C=O) groups excluding carboxylic acids is 1. The highest BCUT2D eigenvalue weighted by Gasteiger charge is 2.22. The number of amides is 1. The summed E-state index contributed by atoms with van der Waals surface area (Å²) in [5.41, 5.74) is 2.11. The SMILES string of the molecule is O=C(c1cc(CCc2ccccc2)no1)N1CCSCC1. The van der Waals surface area contributed by atoms with Crippen LogP contribution in [0.1, 0.15) is 21.8 Å². The van der Waals surface area contributed by atoms with Crippen LogP contribution in [0.2, 0.25) is 0 Å². The molecule has 0 spiro atoms. The minimum Gasteiger partial charge on any atom is -0.351 e. The monoisotopic (exact) mass is 302 g/mol. The van der Waals surface area contributed by atoms with Crippen LogP contribution in [0.4, 0.5) is 0 Å². The first kappa shape index (κ1) is 14.2. The summed E-state index contributed by atoms with van der Waals surface area (Å²) in [6, 6.07) is 12.0. The smallest absolute Gasteiger partial charge is 0.292 e. The summed E-state index contributed by atoms with van der Waals surface area (Å²) in [6.07, 6.45) is 1.69. The third-order valence-corrected chi connectivity index (χ3v) is 4.52. The highest BCUT2D eigenvalue weighted by Crippen LogP contribution is 2.15.